The number of carbonyl (C=O) groups excluding carboxylic acids is 2. The first-order valence-corrected chi connectivity index (χ1v) is 6.61. The van der Waals surface area contributed by atoms with E-state index in [0.29, 0.717) is 29.5 Å². The Morgan fingerprint density at radius 1 is 1.35 bits per heavy atom. The van der Waals surface area contributed by atoms with E-state index in [1.807, 2.05) is 6.92 Å². The van der Waals surface area contributed by atoms with Crippen LogP contribution in [0.5, 0.6) is 5.75 Å². The molecule has 6 heteroatoms. The summed E-state index contributed by atoms with van der Waals surface area (Å²) in [5.41, 5.74) is 1.50. The van der Waals surface area contributed by atoms with E-state index in [-0.39, 0.29) is 11.8 Å². The third-order valence-corrected chi connectivity index (χ3v) is 3.25. The molecular formula is C14H19ClN2O3. The van der Waals surface area contributed by atoms with Crippen molar-refractivity contribution in [2.75, 3.05) is 25.1 Å². The summed E-state index contributed by atoms with van der Waals surface area (Å²) < 4.78 is 5.27. The number of methoxy groups -OCH3 is 1. The zero-order chi connectivity index (χ0) is 15.3. The van der Waals surface area contributed by atoms with Crippen LogP contribution in [-0.4, -0.2) is 32.0 Å². The summed E-state index contributed by atoms with van der Waals surface area (Å²) in [4.78, 5) is 24.3. The van der Waals surface area contributed by atoms with Gasteiger partial charge in [-0.05, 0) is 18.6 Å². The summed E-state index contributed by atoms with van der Waals surface area (Å²) in [5.74, 6) is 0.266. The monoisotopic (exact) mass is 298 g/mol. The first-order chi connectivity index (χ1) is 9.36. The molecule has 0 aromatic heterocycles. The molecule has 0 fully saturated rings. The highest BCUT2D eigenvalue weighted by atomic mass is 35.5. The highest BCUT2D eigenvalue weighted by molar-refractivity contribution is 6.31. The highest BCUT2D eigenvalue weighted by Crippen LogP contribution is 2.33. The van der Waals surface area contributed by atoms with E-state index in [0.717, 1.165) is 5.56 Å². The van der Waals surface area contributed by atoms with Crippen molar-refractivity contribution >= 4 is 29.1 Å². The van der Waals surface area contributed by atoms with Gasteiger partial charge in [-0.3, -0.25) is 9.59 Å². The van der Waals surface area contributed by atoms with E-state index in [1.54, 1.807) is 17.0 Å². The standard InChI is InChI=1S/C14H19ClN2O3/c1-9-7-13(14(20-4)8-12(9)15)17(11(3)19)6-5-16-10(2)18/h7-8H,5-6H2,1-4H3,(H,16,18). The van der Waals surface area contributed by atoms with E-state index in [9.17, 15) is 9.59 Å². The smallest absolute Gasteiger partial charge is 0.224 e. The Hall–Kier alpha value is -1.75. The molecule has 0 saturated heterocycles. The number of aryl methyl sites for hydroxylation is 1. The molecular weight excluding hydrogens is 280 g/mol. The first kappa shape index (κ1) is 16.3. The van der Waals surface area contributed by atoms with E-state index in [1.165, 1.54) is 21.0 Å². The number of rotatable bonds is 5. The van der Waals surface area contributed by atoms with Gasteiger partial charge in [-0.2, -0.15) is 0 Å². The first-order valence-electron chi connectivity index (χ1n) is 6.23. The Balaban J connectivity index is 3.05. The summed E-state index contributed by atoms with van der Waals surface area (Å²) in [6, 6.07) is 3.48. The second-order valence-corrected chi connectivity index (χ2v) is 4.83. The molecule has 0 unspecified atom stereocenters. The quantitative estimate of drug-likeness (QED) is 0.906. The summed E-state index contributed by atoms with van der Waals surface area (Å²) in [5, 5.41) is 3.24. The van der Waals surface area contributed by atoms with E-state index in [2.05, 4.69) is 5.32 Å². The van der Waals surface area contributed by atoms with Crippen LogP contribution in [0.2, 0.25) is 5.02 Å². The van der Waals surface area contributed by atoms with Crippen molar-refractivity contribution in [3.63, 3.8) is 0 Å². The Labute approximate surface area is 123 Å². The number of carbonyl (C=O) groups is 2. The van der Waals surface area contributed by atoms with Crippen LogP contribution >= 0.6 is 11.6 Å². The number of hydrogen-bond acceptors (Lipinski definition) is 3. The lowest BCUT2D eigenvalue weighted by Gasteiger charge is -2.24. The zero-order valence-electron chi connectivity index (χ0n) is 12.1. The fourth-order valence-corrected chi connectivity index (χ4v) is 1.97. The maximum atomic E-state index is 11.8. The number of ether oxygens (including phenoxy) is 1. The average molecular weight is 299 g/mol. The molecule has 0 aliphatic rings. The molecule has 1 aromatic carbocycles. The summed E-state index contributed by atoms with van der Waals surface area (Å²) in [7, 11) is 1.52. The van der Waals surface area contributed by atoms with E-state index < -0.39 is 0 Å². The summed E-state index contributed by atoms with van der Waals surface area (Å²) in [6.07, 6.45) is 0. The molecule has 0 heterocycles. The minimum absolute atomic E-state index is 0.129. The highest BCUT2D eigenvalue weighted by Gasteiger charge is 2.17. The Morgan fingerprint density at radius 3 is 2.50 bits per heavy atom. The summed E-state index contributed by atoms with van der Waals surface area (Å²) in [6.45, 7) is 5.51. The normalized spacial score (nSPS) is 10.1. The Bertz CT molecular complexity index is 517. The van der Waals surface area contributed by atoms with Crippen LogP contribution in [0.4, 0.5) is 5.69 Å². The molecule has 20 heavy (non-hydrogen) atoms. The minimum atomic E-state index is -0.132. The van der Waals surface area contributed by atoms with Gasteiger partial charge in [0.25, 0.3) is 0 Å². The molecule has 0 aliphatic carbocycles. The lowest BCUT2D eigenvalue weighted by molar-refractivity contribution is -0.119. The van der Waals surface area contributed by atoms with Gasteiger partial charge >= 0.3 is 0 Å². The fourth-order valence-electron chi connectivity index (χ4n) is 1.81. The van der Waals surface area contributed by atoms with Crippen LogP contribution in [0, 0.1) is 6.92 Å². The molecule has 0 saturated carbocycles. The van der Waals surface area contributed by atoms with Crippen molar-refractivity contribution in [2.24, 2.45) is 0 Å². The fraction of sp³-hybridized carbons (Fsp3) is 0.429. The summed E-state index contributed by atoms with van der Waals surface area (Å²) >= 11 is 6.05. The number of halogens is 1. The number of hydrogen-bond donors (Lipinski definition) is 1. The minimum Gasteiger partial charge on any atom is -0.495 e. The van der Waals surface area contributed by atoms with Gasteiger partial charge in [-0.15, -0.1) is 0 Å². The lowest BCUT2D eigenvalue weighted by atomic mass is 10.2. The molecule has 0 bridgehead atoms. The second kappa shape index (κ2) is 7.14. The molecule has 110 valence electrons. The predicted octanol–water partition coefficient (Wildman–Crippen LogP) is 2.15. The van der Waals surface area contributed by atoms with Crippen LogP contribution < -0.4 is 15.0 Å². The zero-order valence-corrected chi connectivity index (χ0v) is 12.9. The van der Waals surface area contributed by atoms with Gasteiger partial charge in [-0.1, -0.05) is 11.6 Å². The third-order valence-electron chi connectivity index (χ3n) is 2.84. The SMILES string of the molecule is COc1cc(Cl)c(C)cc1N(CCNC(C)=O)C(C)=O. The van der Waals surface area contributed by atoms with Gasteiger partial charge in [0, 0.05) is 38.0 Å². The average Bonchev–Trinajstić information content (AvgIpc) is 2.37. The number of benzene rings is 1. The molecule has 0 radical (unpaired) electrons. The van der Waals surface area contributed by atoms with Gasteiger partial charge in [-0.25, -0.2) is 0 Å². The van der Waals surface area contributed by atoms with Crippen LogP contribution in [-0.2, 0) is 9.59 Å². The molecule has 2 amide bonds. The molecule has 0 aliphatic heterocycles. The van der Waals surface area contributed by atoms with Crippen molar-refractivity contribution in [2.45, 2.75) is 20.8 Å². The van der Waals surface area contributed by atoms with E-state index in [4.69, 9.17) is 16.3 Å². The van der Waals surface area contributed by atoms with E-state index >= 15 is 0 Å². The molecule has 0 spiro atoms. The molecule has 1 rings (SSSR count). The van der Waals surface area contributed by atoms with Crippen LogP contribution in [0.1, 0.15) is 19.4 Å². The third kappa shape index (κ3) is 4.13. The second-order valence-electron chi connectivity index (χ2n) is 4.43. The topological polar surface area (TPSA) is 58.6 Å². The van der Waals surface area contributed by atoms with Crippen molar-refractivity contribution in [1.82, 2.24) is 5.32 Å². The maximum absolute atomic E-state index is 11.8. The largest absolute Gasteiger partial charge is 0.495 e. The number of anilines is 1. The van der Waals surface area contributed by atoms with Crippen molar-refractivity contribution in [1.29, 1.82) is 0 Å². The molecule has 1 aromatic rings. The Morgan fingerprint density at radius 2 is 2.00 bits per heavy atom. The van der Waals surface area contributed by atoms with Gasteiger partial charge in [0.05, 0.1) is 12.8 Å². The maximum Gasteiger partial charge on any atom is 0.224 e. The van der Waals surface area contributed by atoms with Gasteiger partial charge in [0.1, 0.15) is 5.75 Å². The van der Waals surface area contributed by atoms with Crippen molar-refractivity contribution in [3.8, 4) is 5.75 Å². The van der Waals surface area contributed by atoms with Crippen molar-refractivity contribution < 1.29 is 14.3 Å². The lowest BCUT2D eigenvalue weighted by Crippen LogP contribution is -2.37. The molecule has 0 atom stereocenters. The van der Waals surface area contributed by atoms with Gasteiger partial charge in [0.15, 0.2) is 0 Å². The number of amides is 2. The number of nitrogens with one attached hydrogen (secondary N) is 1. The van der Waals surface area contributed by atoms with Gasteiger partial charge < -0.3 is 15.0 Å². The van der Waals surface area contributed by atoms with Crippen LogP contribution in [0.15, 0.2) is 12.1 Å². The van der Waals surface area contributed by atoms with Crippen molar-refractivity contribution in [3.05, 3.63) is 22.7 Å². The van der Waals surface area contributed by atoms with Crippen LogP contribution in [0.3, 0.4) is 0 Å². The molecule has 5 nitrogen and oxygen atoms in total. The molecule has 1 N–H and O–H groups in total. The van der Waals surface area contributed by atoms with Gasteiger partial charge in [0.2, 0.25) is 11.8 Å². The number of nitrogens with zero attached hydrogens (tertiary/aromatic N) is 1. The predicted molar refractivity (Wildman–Crippen MR) is 79.5 cm³/mol. The Kier molecular flexibility index (Phi) is 5.82. The van der Waals surface area contributed by atoms with Crippen LogP contribution in [0.25, 0.3) is 0 Å².